The Morgan fingerprint density at radius 3 is 2.71 bits per heavy atom. The third-order valence-electron chi connectivity index (χ3n) is 1.76. The number of likely N-dealkylation sites (N-methyl/N-ethyl adjacent to an activating group) is 1. The molecule has 0 bridgehead atoms. The van der Waals surface area contributed by atoms with Crippen LogP contribution in [0.15, 0.2) is 4.34 Å². The fourth-order valence-corrected chi connectivity index (χ4v) is 3.27. The van der Waals surface area contributed by atoms with Crippen LogP contribution >= 0.6 is 11.3 Å². The van der Waals surface area contributed by atoms with Crippen LogP contribution in [0.25, 0.3) is 0 Å². The van der Waals surface area contributed by atoms with Crippen LogP contribution in [0.1, 0.15) is 6.92 Å². The molecule has 0 radical (unpaired) electrons. The lowest BCUT2D eigenvalue weighted by molar-refractivity contribution is -0.114. The highest BCUT2D eigenvalue weighted by molar-refractivity contribution is 7.91. The first-order chi connectivity index (χ1) is 7.87. The first-order valence-electron chi connectivity index (χ1n) is 4.65. The van der Waals surface area contributed by atoms with Crippen molar-refractivity contribution in [2.45, 2.75) is 11.3 Å². The van der Waals surface area contributed by atoms with E-state index in [1.807, 2.05) is 0 Å². The average Bonchev–Trinajstić information content (AvgIpc) is 2.66. The third kappa shape index (κ3) is 3.43. The van der Waals surface area contributed by atoms with Gasteiger partial charge in [0.25, 0.3) is 10.0 Å². The minimum absolute atomic E-state index is 0.150. The molecule has 17 heavy (non-hydrogen) atoms. The summed E-state index contributed by atoms with van der Waals surface area (Å²) in [6.07, 6.45) is 0. The van der Waals surface area contributed by atoms with E-state index >= 15 is 0 Å². The van der Waals surface area contributed by atoms with Gasteiger partial charge in [-0.25, -0.2) is 8.42 Å². The number of nitrogens with one attached hydrogen (secondary N) is 1. The van der Waals surface area contributed by atoms with Gasteiger partial charge in [0.2, 0.25) is 15.4 Å². The Kier molecular flexibility index (Phi) is 4.51. The summed E-state index contributed by atoms with van der Waals surface area (Å²) in [5.74, 6) is -0.333. The molecule has 1 aromatic heterocycles. The molecule has 0 atom stereocenters. The highest BCUT2D eigenvalue weighted by Crippen LogP contribution is 2.22. The van der Waals surface area contributed by atoms with Crippen LogP contribution in [0.3, 0.4) is 0 Å². The zero-order valence-electron chi connectivity index (χ0n) is 9.37. The number of aromatic nitrogens is 2. The van der Waals surface area contributed by atoms with Crippen molar-refractivity contribution in [2.75, 3.05) is 25.5 Å². The Morgan fingerprint density at radius 2 is 2.18 bits per heavy atom. The van der Waals surface area contributed by atoms with Gasteiger partial charge in [-0.05, 0) is 0 Å². The van der Waals surface area contributed by atoms with Gasteiger partial charge in [-0.1, -0.05) is 11.3 Å². The monoisotopic (exact) mass is 279 g/mol. The van der Waals surface area contributed by atoms with Crippen molar-refractivity contribution in [3.8, 4) is 0 Å². The maximum atomic E-state index is 11.9. The molecule has 3 N–H and O–H groups in total. The second kappa shape index (κ2) is 5.49. The van der Waals surface area contributed by atoms with Gasteiger partial charge in [0.05, 0.1) is 0 Å². The van der Waals surface area contributed by atoms with Gasteiger partial charge >= 0.3 is 0 Å². The van der Waals surface area contributed by atoms with E-state index in [9.17, 15) is 13.2 Å². The topological polar surface area (TPSA) is 118 Å². The molecular formula is C7H13N5O3S2. The van der Waals surface area contributed by atoms with Crippen LogP contribution in [0.5, 0.6) is 0 Å². The molecule has 0 saturated heterocycles. The number of hydrogen-bond donors (Lipinski definition) is 2. The number of rotatable bonds is 5. The van der Waals surface area contributed by atoms with E-state index in [1.165, 1.54) is 14.0 Å². The number of hydrogen-bond acceptors (Lipinski definition) is 7. The Hall–Kier alpha value is -1.10. The van der Waals surface area contributed by atoms with Crippen molar-refractivity contribution in [1.29, 1.82) is 0 Å². The molecule has 0 aliphatic heterocycles. The lowest BCUT2D eigenvalue weighted by Gasteiger charge is -2.12. The van der Waals surface area contributed by atoms with Gasteiger partial charge in [0.15, 0.2) is 0 Å². The molecule has 1 amide bonds. The van der Waals surface area contributed by atoms with Crippen molar-refractivity contribution >= 4 is 32.4 Å². The third-order valence-corrected chi connectivity index (χ3v) is 4.81. The molecule has 1 rings (SSSR count). The predicted octanol–water partition coefficient (Wildman–Crippen LogP) is -0.924. The molecule has 0 aliphatic carbocycles. The smallest absolute Gasteiger partial charge is 0.272 e. The standard InChI is InChI=1S/C7H13N5O3S2/c1-5(13)9-6-10-11-7(16-6)17(14,15)12(2)4-3-8/h3-4,8H2,1-2H3,(H,9,10,13). The van der Waals surface area contributed by atoms with Crippen LogP contribution in [0.4, 0.5) is 5.13 Å². The Morgan fingerprint density at radius 1 is 1.53 bits per heavy atom. The minimum Gasteiger partial charge on any atom is -0.329 e. The number of amides is 1. The van der Waals surface area contributed by atoms with Gasteiger partial charge in [0, 0.05) is 27.1 Å². The van der Waals surface area contributed by atoms with E-state index < -0.39 is 10.0 Å². The maximum absolute atomic E-state index is 11.9. The number of nitrogens with zero attached hydrogens (tertiary/aromatic N) is 3. The number of carbonyl (C=O) groups is 1. The minimum atomic E-state index is -3.67. The first-order valence-corrected chi connectivity index (χ1v) is 6.91. The Balaban J connectivity index is 2.92. The summed E-state index contributed by atoms with van der Waals surface area (Å²) in [7, 11) is -2.26. The summed E-state index contributed by atoms with van der Waals surface area (Å²) in [5.41, 5.74) is 5.28. The highest BCUT2D eigenvalue weighted by atomic mass is 32.2. The molecule has 0 unspecified atom stereocenters. The van der Waals surface area contributed by atoms with Crippen LogP contribution in [-0.2, 0) is 14.8 Å². The van der Waals surface area contributed by atoms with Crippen LogP contribution in [0, 0.1) is 0 Å². The SMILES string of the molecule is CC(=O)Nc1nnc(S(=O)(=O)N(C)CCN)s1. The summed E-state index contributed by atoms with van der Waals surface area (Å²) < 4.78 is 24.7. The summed E-state index contributed by atoms with van der Waals surface area (Å²) in [5, 5.41) is 9.61. The summed E-state index contributed by atoms with van der Waals surface area (Å²) in [6, 6.07) is 0. The van der Waals surface area contributed by atoms with E-state index in [0.29, 0.717) is 0 Å². The molecule has 0 spiro atoms. The van der Waals surface area contributed by atoms with Crippen LogP contribution < -0.4 is 11.1 Å². The lowest BCUT2D eigenvalue weighted by Crippen LogP contribution is -2.31. The van der Waals surface area contributed by atoms with Gasteiger partial charge < -0.3 is 11.1 Å². The van der Waals surface area contributed by atoms with E-state index in [0.717, 1.165) is 15.6 Å². The summed E-state index contributed by atoms with van der Waals surface area (Å²) in [6.45, 7) is 1.71. The van der Waals surface area contributed by atoms with Crippen LogP contribution in [-0.4, -0.2) is 49.0 Å². The first kappa shape index (κ1) is 14.0. The van der Waals surface area contributed by atoms with E-state index in [1.54, 1.807) is 0 Å². The van der Waals surface area contributed by atoms with Crippen LogP contribution in [0.2, 0.25) is 0 Å². The van der Waals surface area contributed by atoms with Crippen molar-refractivity contribution in [3.05, 3.63) is 0 Å². The largest absolute Gasteiger partial charge is 0.329 e. The molecule has 96 valence electrons. The quantitative estimate of drug-likeness (QED) is 0.673. The van der Waals surface area contributed by atoms with Crippen molar-refractivity contribution < 1.29 is 13.2 Å². The molecule has 8 nitrogen and oxygen atoms in total. The number of carbonyl (C=O) groups excluding carboxylic acids is 1. The molecular weight excluding hydrogens is 266 g/mol. The number of anilines is 1. The van der Waals surface area contributed by atoms with E-state index in [4.69, 9.17) is 5.73 Å². The molecule has 0 saturated carbocycles. The fraction of sp³-hybridized carbons (Fsp3) is 0.571. The zero-order chi connectivity index (χ0) is 13.1. The molecule has 0 aliphatic rings. The highest BCUT2D eigenvalue weighted by Gasteiger charge is 2.25. The Labute approximate surface area is 103 Å². The lowest BCUT2D eigenvalue weighted by atomic mass is 10.7. The Bertz CT molecular complexity index is 497. The van der Waals surface area contributed by atoms with E-state index in [2.05, 4.69) is 15.5 Å². The predicted molar refractivity (Wildman–Crippen MR) is 63.1 cm³/mol. The fourth-order valence-electron chi connectivity index (χ4n) is 0.950. The van der Waals surface area contributed by atoms with Crippen molar-refractivity contribution in [3.63, 3.8) is 0 Å². The average molecular weight is 279 g/mol. The summed E-state index contributed by atoms with van der Waals surface area (Å²) in [4.78, 5) is 10.8. The van der Waals surface area contributed by atoms with Crippen molar-refractivity contribution in [1.82, 2.24) is 14.5 Å². The maximum Gasteiger partial charge on any atom is 0.272 e. The van der Waals surface area contributed by atoms with Crippen molar-refractivity contribution in [2.24, 2.45) is 5.73 Å². The van der Waals surface area contributed by atoms with Gasteiger partial charge in [0.1, 0.15) is 0 Å². The second-order valence-electron chi connectivity index (χ2n) is 3.17. The number of sulfonamides is 1. The summed E-state index contributed by atoms with van der Waals surface area (Å²) >= 11 is 0.798. The van der Waals surface area contributed by atoms with Gasteiger partial charge in [-0.15, -0.1) is 10.2 Å². The van der Waals surface area contributed by atoms with Gasteiger partial charge in [-0.2, -0.15) is 4.31 Å². The number of nitrogens with two attached hydrogens (primary N) is 1. The molecule has 0 fully saturated rings. The normalized spacial score (nSPS) is 11.8. The molecule has 10 heteroatoms. The molecule has 0 aromatic carbocycles. The van der Waals surface area contributed by atoms with Gasteiger partial charge in [-0.3, -0.25) is 4.79 Å². The zero-order valence-corrected chi connectivity index (χ0v) is 11.0. The molecule has 1 aromatic rings. The second-order valence-corrected chi connectivity index (χ2v) is 6.37. The van der Waals surface area contributed by atoms with E-state index in [-0.39, 0.29) is 28.5 Å². The molecule has 1 heterocycles.